The molecule has 0 saturated carbocycles. The van der Waals surface area contributed by atoms with Gasteiger partial charge in [0, 0.05) is 24.3 Å². The lowest BCUT2D eigenvalue weighted by molar-refractivity contribution is 0.195. The van der Waals surface area contributed by atoms with Crippen molar-refractivity contribution in [3.8, 4) is 17.6 Å². The number of ether oxygens (including phenoxy) is 1. The van der Waals surface area contributed by atoms with Gasteiger partial charge in [0.05, 0.1) is 48.2 Å². The predicted molar refractivity (Wildman–Crippen MR) is 123 cm³/mol. The largest absolute Gasteiger partial charge is 0.379 e. The van der Waals surface area contributed by atoms with Crippen LogP contribution in [0.4, 0.5) is 10.1 Å². The zero-order valence-electron chi connectivity index (χ0n) is 18.9. The molecule has 0 aliphatic carbocycles. The van der Waals surface area contributed by atoms with Crippen LogP contribution in [0.15, 0.2) is 36.9 Å². The lowest BCUT2D eigenvalue weighted by Crippen LogP contribution is -2.20. The standard InChI is InChI=1S/C23H24FN9O/c1-23(2,24)5-3-17-13-32(31-30-17)20-12-26-21(8-19(20)29-18-4-6-34-14-18)33-22-16(11-28-33)7-15(9-25)10-27-22/h7-8,10-13,18H,3-6,14H2,1-2H3,(H,26,29). The molecule has 0 bridgehead atoms. The Kier molecular flexibility index (Phi) is 5.67. The summed E-state index contributed by atoms with van der Waals surface area (Å²) < 4.78 is 22.7. The van der Waals surface area contributed by atoms with Crippen molar-refractivity contribution in [1.29, 1.82) is 5.26 Å². The molecule has 1 fully saturated rings. The fourth-order valence-electron chi connectivity index (χ4n) is 3.83. The van der Waals surface area contributed by atoms with Gasteiger partial charge in [-0.25, -0.2) is 19.0 Å². The van der Waals surface area contributed by atoms with Crippen LogP contribution in [-0.2, 0) is 11.2 Å². The van der Waals surface area contributed by atoms with E-state index >= 15 is 0 Å². The molecule has 1 unspecified atom stereocenters. The predicted octanol–water partition coefficient (Wildman–Crippen LogP) is 3.15. The second-order valence-corrected chi connectivity index (χ2v) is 8.94. The number of hydrogen-bond donors (Lipinski definition) is 1. The number of anilines is 1. The van der Waals surface area contributed by atoms with Crippen molar-refractivity contribution in [3.63, 3.8) is 0 Å². The minimum atomic E-state index is -1.27. The molecule has 4 aromatic rings. The van der Waals surface area contributed by atoms with Gasteiger partial charge in [-0.15, -0.1) is 5.10 Å². The van der Waals surface area contributed by atoms with Crippen molar-refractivity contribution >= 4 is 16.7 Å². The first-order valence-electron chi connectivity index (χ1n) is 11.1. The lowest BCUT2D eigenvalue weighted by atomic mass is 10.0. The van der Waals surface area contributed by atoms with Crippen LogP contribution >= 0.6 is 0 Å². The number of fused-ring (bicyclic) bond motifs is 1. The smallest absolute Gasteiger partial charge is 0.164 e. The lowest BCUT2D eigenvalue weighted by Gasteiger charge is -2.17. The van der Waals surface area contributed by atoms with Crippen molar-refractivity contribution < 1.29 is 9.13 Å². The molecule has 1 aliphatic heterocycles. The molecule has 5 rings (SSSR count). The van der Waals surface area contributed by atoms with E-state index in [1.54, 1.807) is 47.9 Å². The molecule has 11 heteroatoms. The Morgan fingerprint density at radius 2 is 2.15 bits per heavy atom. The highest BCUT2D eigenvalue weighted by Crippen LogP contribution is 2.26. The molecule has 4 aromatic heterocycles. The van der Waals surface area contributed by atoms with Crippen molar-refractivity contribution in [2.75, 3.05) is 18.5 Å². The van der Waals surface area contributed by atoms with Crippen molar-refractivity contribution in [2.24, 2.45) is 0 Å². The Balaban J connectivity index is 1.51. The average Bonchev–Trinajstić information content (AvgIpc) is 3.58. The SMILES string of the molecule is CC(C)(F)CCc1cn(-c2cnc(-n3ncc4cc(C#N)cnc43)cc2NC2CCOC2)nn1. The van der Waals surface area contributed by atoms with E-state index in [0.29, 0.717) is 54.5 Å². The van der Waals surface area contributed by atoms with E-state index in [2.05, 4.69) is 36.8 Å². The number of nitriles is 1. The van der Waals surface area contributed by atoms with Crippen LogP contribution in [0.3, 0.4) is 0 Å². The summed E-state index contributed by atoms with van der Waals surface area (Å²) in [6, 6.07) is 5.86. The van der Waals surface area contributed by atoms with Gasteiger partial charge in [0.25, 0.3) is 0 Å². The van der Waals surface area contributed by atoms with E-state index < -0.39 is 5.67 Å². The highest BCUT2D eigenvalue weighted by Gasteiger charge is 2.21. The van der Waals surface area contributed by atoms with Crippen LogP contribution in [0.5, 0.6) is 0 Å². The molecule has 1 aliphatic rings. The highest BCUT2D eigenvalue weighted by molar-refractivity contribution is 5.77. The Hall–Kier alpha value is -3.91. The molecular weight excluding hydrogens is 437 g/mol. The summed E-state index contributed by atoms with van der Waals surface area (Å²) in [4.78, 5) is 8.98. The summed E-state index contributed by atoms with van der Waals surface area (Å²) >= 11 is 0. The minimum Gasteiger partial charge on any atom is -0.379 e. The van der Waals surface area contributed by atoms with E-state index in [9.17, 15) is 4.39 Å². The average molecular weight is 462 g/mol. The van der Waals surface area contributed by atoms with Crippen molar-refractivity contribution in [1.82, 2.24) is 34.7 Å². The fourth-order valence-corrected chi connectivity index (χ4v) is 3.83. The van der Waals surface area contributed by atoms with Gasteiger partial charge in [-0.1, -0.05) is 5.21 Å². The first kappa shape index (κ1) is 21.9. The Morgan fingerprint density at radius 1 is 1.26 bits per heavy atom. The van der Waals surface area contributed by atoms with Gasteiger partial charge in [0.1, 0.15) is 17.4 Å². The van der Waals surface area contributed by atoms with Gasteiger partial charge in [-0.05, 0) is 39.2 Å². The quantitative estimate of drug-likeness (QED) is 0.446. The number of alkyl halides is 1. The monoisotopic (exact) mass is 461 g/mol. The zero-order valence-corrected chi connectivity index (χ0v) is 18.9. The summed E-state index contributed by atoms with van der Waals surface area (Å²) in [6.45, 7) is 4.42. The van der Waals surface area contributed by atoms with Gasteiger partial charge in [-0.2, -0.15) is 15.0 Å². The van der Waals surface area contributed by atoms with Crippen LogP contribution in [-0.4, -0.2) is 59.7 Å². The van der Waals surface area contributed by atoms with Gasteiger partial charge in [-0.3, -0.25) is 0 Å². The third-order valence-corrected chi connectivity index (χ3v) is 5.68. The van der Waals surface area contributed by atoms with Crippen LogP contribution < -0.4 is 5.32 Å². The summed E-state index contributed by atoms with van der Waals surface area (Å²) in [5.41, 5.74) is 2.02. The topological polar surface area (TPSA) is 119 Å². The summed E-state index contributed by atoms with van der Waals surface area (Å²) in [6.07, 6.45) is 8.40. The minimum absolute atomic E-state index is 0.148. The molecule has 0 aromatic carbocycles. The molecule has 1 saturated heterocycles. The van der Waals surface area contributed by atoms with E-state index in [4.69, 9.17) is 10.00 Å². The number of pyridine rings is 2. The van der Waals surface area contributed by atoms with Crippen LogP contribution in [0, 0.1) is 11.3 Å². The molecule has 0 amide bonds. The van der Waals surface area contributed by atoms with Gasteiger partial charge in [0.15, 0.2) is 11.5 Å². The Bertz CT molecular complexity index is 1360. The number of halogens is 1. The molecule has 10 nitrogen and oxygen atoms in total. The molecular formula is C23H24FN9O. The molecule has 1 N–H and O–H groups in total. The van der Waals surface area contributed by atoms with Crippen LogP contribution in [0.2, 0.25) is 0 Å². The molecule has 0 spiro atoms. The van der Waals surface area contributed by atoms with E-state index in [1.165, 1.54) is 6.20 Å². The van der Waals surface area contributed by atoms with Crippen LogP contribution in [0.25, 0.3) is 22.5 Å². The molecule has 0 radical (unpaired) electrons. The zero-order chi connectivity index (χ0) is 23.7. The number of nitrogens with one attached hydrogen (secondary N) is 1. The fraction of sp³-hybridized carbons (Fsp3) is 0.391. The van der Waals surface area contributed by atoms with E-state index in [1.807, 2.05) is 6.07 Å². The third kappa shape index (κ3) is 4.58. The molecule has 1 atom stereocenters. The number of hydrogen-bond acceptors (Lipinski definition) is 8. The number of aryl methyl sites for hydroxylation is 1. The third-order valence-electron chi connectivity index (χ3n) is 5.68. The molecule has 5 heterocycles. The summed E-state index contributed by atoms with van der Waals surface area (Å²) in [5.74, 6) is 0.567. The Morgan fingerprint density at radius 3 is 2.91 bits per heavy atom. The summed E-state index contributed by atoms with van der Waals surface area (Å²) in [5, 5.41) is 26.3. The Labute approximate surface area is 195 Å². The van der Waals surface area contributed by atoms with Gasteiger partial charge < -0.3 is 10.1 Å². The molecule has 34 heavy (non-hydrogen) atoms. The van der Waals surface area contributed by atoms with Crippen LogP contribution in [0.1, 0.15) is 37.9 Å². The number of nitrogens with zero attached hydrogens (tertiary/aromatic N) is 8. The number of aromatic nitrogens is 7. The maximum Gasteiger partial charge on any atom is 0.164 e. The number of rotatable bonds is 7. The van der Waals surface area contributed by atoms with E-state index in [-0.39, 0.29) is 6.04 Å². The molecule has 174 valence electrons. The summed E-state index contributed by atoms with van der Waals surface area (Å²) in [7, 11) is 0. The van der Waals surface area contributed by atoms with Gasteiger partial charge in [0.2, 0.25) is 0 Å². The van der Waals surface area contributed by atoms with Gasteiger partial charge >= 0.3 is 0 Å². The first-order valence-corrected chi connectivity index (χ1v) is 11.1. The van der Waals surface area contributed by atoms with Crippen molar-refractivity contribution in [2.45, 2.75) is 44.8 Å². The first-order chi connectivity index (χ1) is 16.4. The second kappa shape index (κ2) is 8.79. The van der Waals surface area contributed by atoms with E-state index in [0.717, 1.165) is 17.5 Å². The normalized spacial score (nSPS) is 16.1. The maximum absolute atomic E-state index is 13.9. The van der Waals surface area contributed by atoms with Crippen molar-refractivity contribution in [3.05, 3.63) is 48.2 Å². The maximum atomic E-state index is 13.9. The second-order valence-electron chi connectivity index (χ2n) is 8.94. The highest BCUT2D eigenvalue weighted by atomic mass is 19.1.